The summed E-state index contributed by atoms with van der Waals surface area (Å²) in [6, 6.07) is 0. The first-order chi connectivity index (χ1) is 9.36. The summed E-state index contributed by atoms with van der Waals surface area (Å²) in [6.07, 6.45) is 11.4. The fraction of sp³-hybridized carbons (Fsp3) is 0.733. The number of hydrogen-bond donors (Lipinski definition) is 0. The van der Waals surface area contributed by atoms with E-state index in [1.807, 2.05) is 6.21 Å². The molecule has 2 aliphatic heterocycles. The maximum Gasteiger partial charge on any atom is 0.132 e. The van der Waals surface area contributed by atoms with Gasteiger partial charge >= 0.3 is 0 Å². The third kappa shape index (κ3) is 5.45. The van der Waals surface area contributed by atoms with Crippen molar-refractivity contribution >= 4 is 23.0 Å². The lowest BCUT2D eigenvalue weighted by Gasteiger charge is -2.26. The highest BCUT2D eigenvalue weighted by atomic mass is 35.5. The Hall–Kier alpha value is -0.670. The van der Waals surface area contributed by atoms with Gasteiger partial charge in [0.1, 0.15) is 5.17 Å². The Labute approximate surface area is 121 Å². The topological polar surface area (TPSA) is 28.0 Å². The number of hydrogen-bond acceptors (Lipinski definition) is 3. The molecule has 106 valence electrons. The van der Waals surface area contributed by atoms with Gasteiger partial charge in [-0.25, -0.2) is 0 Å². The van der Waals surface area contributed by atoms with E-state index in [0.717, 1.165) is 31.5 Å². The van der Waals surface area contributed by atoms with Crippen molar-refractivity contribution in [3.05, 3.63) is 11.6 Å². The first-order valence-electron chi connectivity index (χ1n) is 7.49. The molecule has 0 atom stereocenters. The average molecular weight is 282 g/mol. The van der Waals surface area contributed by atoms with Gasteiger partial charge in [0.15, 0.2) is 0 Å². The molecule has 4 heteroatoms. The van der Waals surface area contributed by atoms with Crippen LogP contribution in [0.3, 0.4) is 0 Å². The molecular formula is C15H24ClN3. The Morgan fingerprint density at radius 3 is 2.84 bits per heavy atom. The van der Waals surface area contributed by atoms with E-state index in [-0.39, 0.29) is 0 Å². The van der Waals surface area contributed by atoms with Crippen LogP contribution in [-0.2, 0) is 0 Å². The van der Waals surface area contributed by atoms with Crippen molar-refractivity contribution in [3.8, 4) is 0 Å². The number of dihydropyridines is 1. The second kappa shape index (κ2) is 8.49. The molecular weight excluding hydrogens is 258 g/mol. The van der Waals surface area contributed by atoms with Gasteiger partial charge in [0, 0.05) is 24.9 Å². The van der Waals surface area contributed by atoms with Crippen molar-refractivity contribution in [2.45, 2.75) is 38.5 Å². The van der Waals surface area contributed by atoms with E-state index in [0.29, 0.717) is 5.17 Å². The molecule has 0 unspecified atom stereocenters. The Morgan fingerprint density at radius 2 is 2.11 bits per heavy atom. The molecule has 0 radical (unpaired) electrons. The lowest BCUT2D eigenvalue weighted by atomic mass is 10.1. The summed E-state index contributed by atoms with van der Waals surface area (Å²) in [4.78, 5) is 11.2. The van der Waals surface area contributed by atoms with Crippen LogP contribution in [0.25, 0.3) is 0 Å². The Balaban J connectivity index is 1.60. The zero-order valence-electron chi connectivity index (χ0n) is 11.7. The highest BCUT2D eigenvalue weighted by molar-refractivity contribution is 6.71. The number of nitrogens with zero attached hydrogens (tertiary/aromatic N) is 3. The molecule has 0 N–H and O–H groups in total. The summed E-state index contributed by atoms with van der Waals surface area (Å²) in [5.41, 5.74) is 0.990. The average Bonchev–Trinajstić information content (AvgIpc) is 2.49. The van der Waals surface area contributed by atoms with E-state index in [4.69, 9.17) is 11.6 Å². The van der Waals surface area contributed by atoms with Crippen molar-refractivity contribution in [3.63, 3.8) is 0 Å². The smallest absolute Gasteiger partial charge is 0.132 e. The maximum absolute atomic E-state index is 6.17. The first-order valence-corrected chi connectivity index (χ1v) is 7.87. The van der Waals surface area contributed by atoms with E-state index in [2.05, 4.69) is 21.0 Å². The summed E-state index contributed by atoms with van der Waals surface area (Å²) in [5.74, 6) is 0. The second-order valence-corrected chi connectivity index (χ2v) is 5.62. The molecule has 2 heterocycles. The number of allylic oxidation sites excluding steroid dienone is 1. The van der Waals surface area contributed by atoms with Crippen LogP contribution >= 0.6 is 11.6 Å². The molecule has 1 fully saturated rings. The fourth-order valence-corrected chi connectivity index (χ4v) is 2.76. The van der Waals surface area contributed by atoms with Crippen LogP contribution in [-0.4, -0.2) is 49.0 Å². The standard InChI is InChI=1S/C15H24ClN3/c16-15(14-7-6-8-17-13-14)18-9-2-5-12-19-10-3-1-4-11-19/h7,13H,1-6,8-12H2. The van der Waals surface area contributed by atoms with Gasteiger partial charge in [-0.2, -0.15) is 0 Å². The van der Waals surface area contributed by atoms with Crippen molar-refractivity contribution < 1.29 is 0 Å². The highest BCUT2D eigenvalue weighted by Crippen LogP contribution is 2.10. The predicted molar refractivity (Wildman–Crippen MR) is 83.7 cm³/mol. The zero-order valence-corrected chi connectivity index (χ0v) is 12.4. The van der Waals surface area contributed by atoms with E-state index in [9.17, 15) is 0 Å². The first kappa shape index (κ1) is 14.7. The zero-order chi connectivity index (χ0) is 13.3. The number of likely N-dealkylation sites (tertiary alicyclic amines) is 1. The quantitative estimate of drug-likeness (QED) is 0.542. The minimum atomic E-state index is 0.626. The van der Waals surface area contributed by atoms with E-state index in [1.54, 1.807) is 0 Å². The van der Waals surface area contributed by atoms with E-state index >= 15 is 0 Å². The number of unbranched alkanes of at least 4 members (excludes halogenated alkanes) is 1. The number of aliphatic imine (C=N–C) groups is 2. The summed E-state index contributed by atoms with van der Waals surface area (Å²) in [7, 11) is 0. The number of halogens is 1. The Kier molecular flexibility index (Phi) is 6.58. The van der Waals surface area contributed by atoms with Crippen molar-refractivity contribution in [1.29, 1.82) is 0 Å². The van der Waals surface area contributed by atoms with Crippen LogP contribution < -0.4 is 0 Å². The highest BCUT2D eigenvalue weighted by Gasteiger charge is 2.08. The van der Waals surface area contributed by atoms with Crippen LogP contribution in [0.5, 0.6) is 0 Å². The van der Waals surface area contributed by atoms with Crippen molar-refractivity contribution in [1.82, 2.24) is 4.90 Å². The van der Waals surface area contributed by atoms with Gasteiger partial charge in [-0.1, -0.05) is 24.1 Å². The summed E-state index contributed by atoms with van der Waals surface area (Å²) in [6.45, 7) is 5.50. The summed E-state index contributed by atoms with van der Waals surface area (Å²) in [5, 5.41) is 0.626. The molecule has 2 aliphatic rings. The van der Waals surface area contributed by atoms with Crippen LogP contribution in [0.1, 0.15) is 38.5 Å². The molecule has 0 aliphatic carbocycles. The van der Waals surface area contributed by atoms with Gasteiger partial charge < -0.3 is 4.90 Å². The molecule has 0 aromatic rings. The third-order valence-corrected chi connectivity index (χ3v) is 4.01. The van der Waals surface area contributed by atoms with Gasteiger partial charge in [0.2, 0.25) is 0 Å². The molecule has 0 aromatic heterocycles. The Bertz CT molecular complexity index is 354. The van der Waals surface area contributed by atoms with Gasteiger partial charge in [-0.3, -0.25) is 9.98 Å². The van der Waals surface area contributed by atoms with Crippen molar-refractivity contribution in [2.75, 3.05) is 32.7 Å². The monoisotopic (exact) mass is 281 g/mol. The molecule has 3 nitrogen and oxygen atoms in total. The molecule has 0 amide bonds. The van der Waals surface area contributed by atoms with Crippen molar-refractivity contribution in [2.24, 2.45) is 9.98 Å². The minimum Gasteiger partial charge on any atom is -0.303 e. The molecule has 19 heavy (non-hydrogen) atoms. The molecule has 2 rings (SSSR count). The van der Waals surface area contributed by atoms with Gasteiger partial charge in [0.05, 0.1) is 0 Å². The van der Waals surface area contributed by atoms with Crippen LogP contribution in [0.2, 0.25) is 0 Å². The number of rotatable bonds is 6. The second-order valence-electron chi connectivity index (χ2n) is 5.27. The summed E-state index contributed by atoms with van der Waals surface area (Å²) >= 11 is 6.17. The van der Waals surface area contributed by atoms with E-state index < -0.39 is 0 Å². The summed E-state index contributed by atoms with van der Waals surface area (Å²) < 4.78 is 0. The normalized spacial score (nSPS) is 21.5. The maximum atomic E-state index is 6.17. The lowest BCUT2D eigenvalue weighted by Crippen LogP contribution is -2.30. The third-order valence-electron chi connectivity index (χ3n) is 3.67. The SMILES string of the molecule is ClC(=NCCCCN1CCCCC1)C1=CCCN=C1. The fourth-order valence-electron chi connectivity index (χ4n) is 2.55. The van der Waals surface area contributed by atoms with Gasteiger partial charge in [-0.05, 0) is 51.7 Å². The largest absolute Gasteiger partial charge is 0.303 e. The number of piperidine rings is 1. The molecule has 0 spiro atoms. The Morgan fingerprint density at radius 1 is 1.26 bits per heavy atom. The lowest BCUT2D eigenvalue weighted by molar-refractivity contribution is 0.225. The van der Waals surface area contributed by atoms with Gasteiger partial charge in [-0.15, -0.1) is 0 Å². The molecule has 0 aromatic carbocycles. The molecule has 1 saturated heterocycles. The molecule has 0 saturated carbocycles. The van der Waals surface area contributed by atoms with Crippen LogP contribution in [0.4, 0.5) is 0 Å². The van der Waals surface area contributed by atoms with Crippen LogP contribution in [0, 0.1) is 0 Å². The predicted octanol–water partition coefficient (Wildman–Crippen LogP) is 3.29. The minimum absolute atomic E-state index is 0.626. The molecule has 0 bridgehead atoms. The van der Waals surface area contributed by atoms with Gasteiger partial charge in [0.25, 0.3) is 0 Å². The van der Waals surface area contributed by atoms with Crippen LogP contribution in [0.15, 0.2) is 21.6 Å². The van der Waals surface area contributed by atoms with E-state index in [1.165, 1.54) is 45.3 Å².